The molecule has 0 bridgehead atoms. The van der Waals surface area contributed by atoms with E-state index in [0.717, 1.165) is 32.7 Å². The number of nitrogens with zero attached hydrogens (tertiary/aromatic N) is 4. The van der Waals surface area contributed by atoms with Gasteiger partial charge in [-0.25, -0.2) is 4.68 Å². The highest BCUT2D eigenvalue weighted by molar-refractivity contribution is 9.10. The molecule has 0 aliphatic rings. The summed E-state index contributed by atoms with van der Waals surface area (Å²) in [5.41, 5.74) is 4.70. The van der Waals surface area contributed by atoms with E-state index < -0.39 is 6.04 Å². The molecule has 1 N–H and O–H groups in total. The van der Waals surface area contributed by atoms with Crippen LogP contribution < -0.4 is 5.32 Å². The van der Waals surface area contributed by atoms with Gasteiger partial charge in [-0.3, -0.25) is 9.48 Å². The van der Waals surface area contributed by atoms with Gasteiger partial charge in [0.25, 0.3) is 0 Å². The Balaban J connectivity index is 1.59. The number of aromatic nitrogens is 4. The molecule has 6 nitrogen and oxygen atoms in total. The van der Waals surface area contributed by atoms with Crippen molar-refractivity contribution in [1.29, 1.82) is 0 Å². The van der Waals surface area contributed by atoms with Crippen LogP contribution in [0.15, 0.2) is 77.5 Å². The summed E-state index contributed by atoms with van der Waals surface area (Å²) in [4.78, 5) is 12.8. The third-order valence-corrected chi connectivity index (χ3v) is 5.82. The minimum atomic E-state index is -0.416. The number of nitrogens with one attached hydrogen (secondary N) is 1. The third kappa shape index (κ3) is 4.07. The van der Waals surface area contributed by atoms with Gasteiger partial charge >= 0.3 is 0 Å². The largest absolute Gasteiger partial charge is 0.350 e. The number of hydrogen-bond donors (Lipinski definition) is 1. The molecule has 0 aliphatic carbocycles. The maximum absolute atomic E-state index is 12.8. The summed E-state index contributed by atoms with van der Waals surface area (Å²) in [6.45, 7) is 4.15. The number of rotatable bonds is 6. The summed E-state index contributed by atoms with van der Waals surface area (Å²) in [7, 11) is 0. The van der Waals surface area contributed by atoms with Gasteiger partial charge in [0.1, 0.15) is 6.04 Å². The molecule has 1 amide bonds. The molecule has 0 saturated heterocycles. The molecule has 4 rings (SSSR count). The lowest BCUT2D eigenvalue weighted by Gasteiger charge is -2.14. The number of hydrogen-bond acceptors (Lipinski definition) is 3. The van der Waals surface area contributed by atoms with E-state index in [4.69, 9.17) is 5.10 Å². The highest BCUT2D eigenvalue weighted by atomic mass is 79.9. The number of carbonyl (C=O) groups is 1. The molecule has 1 atom stereocenters. The van der Waals surface area contributed by atoms with Gasteiger partial charge in [-0.15, -0.1) is 0 Å². The van der Waals surface area contributed by atoms with Gasteiger partial charge in [-0.05, 0) is 41.9 Å². The van der Waals surface area contributed by atoms with Crippen LogP contribution in [0.3, 0.4) is 0 Å². The van der Waals surface area contributed by atoms with Crippen LogP contribution in [0.1, 0.15) is 24.2 Å². The first-order chi connectivity index (χ1) is 14.5. The van der Waals surface area contributed by atoms with Gasteiger partial charge in [-0.2, -0.15) is 10.2 Å². The Morgan fingerprint density at radius 1 is 1.10 bits per heavy atom. The van der Waals surface area contributed by atoms with Gasteiger partial charge in [-0.1, -0.05) is 48.5 Å². The van der Waals surface area contributed by atoms with Crippen molar-refractivity contribution in [3.05, 3.63) is 88.8 Å². The first-order valence-electron chi connectivity index (χ1n) is 9.71. The van der Waals surface area contributed by atoms with Gasteiger partial charge in [0.2, 0.25) is 5.91 Å². The molecule has 0 aliphatic heterocycles. The fraction of sp³-hybridized carbons (Fsp3) is 0.174. The van der Waals surface area contributed by atoms with Crippen molar-refractivity contribution in [2.75, 3.05) is 0 Å². The van der Waals surface area contributed by atoms with Gasteiger partial charge < -0.3 is 5.32 Å². The molecule has 0 spiro atoms. The molecular formula is C23H22BrN5O. The zero-order valence-corrected chi connectivity index (χ0v) is 18.4. The molecule has 0 radical (unpaired) electrons. The molecule has 2 aromatic heterocycles. The van der Waals surface area contributed by atoms with Crippen molar-refractivity contribution in [2.45, 2.75) is 26.4 Å². The summed E-state index contributed by atoms with van der Waals surface area (Å²) in [6.07, 6.45) is 3.68. The van der Waals surface area contributed by atoms with Crippen LogP contribution in [0.25, 0.3) is 16.9 Å². The second-order valence-corrected chi connectivity index (χ2v) is 7.92. The highest BCUT2D eigenvalue weighted by Gasteiger charge is 2.20. The fourth-order valence-electron chi connectivity index (χ4n) is 3.33. The quantitative estimate of drug-likeness (QED) is 0.451. The Morgan fingerprint density at radius 2 is 1.77 bits per heavy atom. The van der Waals surface area contributed by atoms with E-state index in [9.17, 15) is 4.79 Å². The summed E-state index contributed by atoms with van der Waals surface area (Å²) >= 11 is 3.44. The van der Waals surface area contributed by atoms with Crippen LogP contribution in [0.5, 0.6) is 0 Å². The van der Waals surface area contributed by atoms with Crippen molar-refractivity contribution in [3.8, 4) is 16.9 Å². The van der Waals surface area contributed by atoms with E-state index in [-0.39, 0.29) is 5.91 Å². The van der Waals surface area contributed by atoms with E-state index in [2.05, 4.69) is 26.3 Å². The predicted molar refractivity (Wildman–Crippen MR) is 120 cm³/mol. The summed E-state index contributed by atoms with van der Waals surface area (Å²) in [6, 6.07) is 19.5. The van der Waals surface area contributed by atoms with Crippen molar-refractivity contribution in [3.63, 3.8) is 0 Å². The molecular weight excluding hydrogens is 442 g/mol. The topological polar surface area (TPSA) is 64.7 Å². The SMILES string of the molecule is Cc1c(Br)cnn1C(C)C(=O)NCc1cn(-c2ccccc2)nc1-c1ccccc1. The summed E-state index contributed by atoms with van der Waals surface area (Å²) in [5.74, 6) is -0.0971. The summed E-state index contributed by atoms with van der Waals surface area (Å²) < 4.78 is 4.45. The standard InChI is InChI=1S/C23H22BrN5O/c1-16-21(24)14-26-29(16)17(2)23(30)25-13-19-15-28(20-11-7-4-8-12-20)27-22(19)18-9-5-3-6-10-18/h3-12,14-15,17H,13H2,1-2H3,(H,25,30). The van der Waals surface area contributed by atoms with Gasteiger partial charge in [0, 0.05) is 23.9 Å². The monoisotopic (exact) mass is 463 g/mol. The highest BCUT2D eigenvalue weighted by Crippen LogP contribution is 2.24. The zero-order chi connectivity index (χ0) is 21.1. The lowest BCUT2D eigenvalue weighted by atomic mass is 10.1. The maximum Gasteiger partial charge on any atom is 0.244 e. The molecule has 30 heavy (non-hydrogen) atoms. The first-order valence-corrected chi connectivity index (χ1v) is 10.5. The maximum atomic E-state index is 12.8. The van der Waals surface area contributed by atoms with Crippen molar-refractivity contribution < 1.29 is 4.79 Å². The summed E-state index contributed by atoms with van der Waals surface area (Å²) in [5, 5.41) is 12.1. The number of carbonyl (C=O) groups excluding carboxylic acids is 1. The van der Waals surface area contributed by atoms with E-state index in [1.165, 1.54) is 0 Å². The Bertz CT molecular complexity index is 1150. The van der Waals surface area contributed by atoms with Crippen molar-refractivity contribution in [1.82, 2.24) is 24.9 Å². The second kappa shape index (κ2) is 8.67. The van der Waals surface area contributed by atoms with E-state index in [0.29, 0.717) is 6.54 Å². The molecule has 2 aromatic carbocycles. The van der Waals surface area contributed by atoms with Crippen LogP contribution >= 0.6 is 15.9 Å². The van der Waals surface area contributed by atoms with E-state index >= 15 is 0 Å². The molecule has 0 saturated carbocycles. The number of halogens is 1. The first kappa shape index (κ1) is 20.1. The third-order valence-electron chi connectivity index (χ3n) is 5.04. The number of benzene rings is 2. The zero-order valence-electron chi connectivity index (χ0n) is 16.8. The molecule has 4 aromatic rings. The predicted octanol–water partition coefficient (Wildman–Crippen LogP) is 4.68. The fourth-order valence-corrected chi connectivity index (χ4v) is 3.60. The second-order valence-electron chi connectivity index (χ2n) is 7.07. The van der Waals surface area contributed by atoms with Crippen LogP contribution in [-0.4, -0.2) is 25.5 Å². The van der Waals surface area contributed by atoms with Crippen molar-refractivity contribution >= 4 is 21.8 Å². The Hall–Kier alpha value is -3.19. The average Bonchev–Trinajstić information content (AvgIpc) is 3.36. The lowest BCUT2D eigenvalue weighted by Crippen LogP contribution is -2.31. The molecule has 2 heterocycles. The Morgan fingerprint density at radius 3 is 2.40 bits per heavy atom. The minimum Gasteiger partial charge on any atom is -0.350 e. The van der Waals surface area contributed by atoms with Crippen molar-refractivity contribution in [2.24, 2.45) is 0 Å². The average molecular weight is 464 g/mol. The normalized spacial score (nSPS) is 12.0. The smallest absolute Gasteiger partial charge is 0.244 e. The van der Waals surface area contributed by atoms with E-state index in [1.807, 2.05) is 85.4 Å². The molecule has 1 unspecified atom stereocenters. The van der Waals surface area contributed by atoms with Crippen LogP contribution in [0, 0.1) is 6.92 Å². The van der Waals surface area contributed by atoms with Crippen LogP contribution in [0.2, 0.25) is 0 Å². The van der Waals surface area contributed by atoms with Crippen LogP contribution in [-0.2, 0) is 11.3 Å². The lowest BCUT2D eigenvalue weighted by molar-refractivity contribution is -0.124. The van der Waals surface area contributed by atoms with Gasteiger partial charge in [0.05, 0.1) is 27.7 Å². The van der Waals surface area contributed by atoms with Crippen LogP contribution in [0.4, 0.5) is 0 Å². The molecule has 152 valence electrons. The Kier molecular flexibility index (Phi) is 5.81. The van der Waals surface area contributed by atoms with E-state index in [1.54, 1.807) is 10.9 Å². The minimum absolute atomic E-state index is 0.0971. The Labute approximate surface area is 183 Å². The molecule has 0 fully saturated rings. The molecule has 7 heteroatoms. The number of amides is 1. The van der Waals surface area contributed by atoms with Gasteiger partial charge in [0.15, 0.2) is 0 Å². The number of para-hydroxylation sites is 1.